The normalized spacial score (nSPS) is 15.2. The first-order valence-electron chi connectivity index (χ1n) is 9.22. The summed E-state index contributed by atoms with van der Waals surface area (Å²) < 4.78 is 11.1. The lowest BCUT2D eigenvalue weighted by Gasteiger charge is -2.29. The number of halogens is 2. The van der Waals surface area contributed by atoms with Gasteiger partial charge in [-0.2, -0.15) is 0 Å². The molecule has 0 unspecified atom stereocenters. The van der Waals surface area contributed by atoms with Crippen LogP contribution in [0, 0.1) is 0 Å². The van der Waals surface area contributed by atoms with Crippen LogP contribution in [-0.4, -0.2) is 50.3 Å². The van der Waals surface area contributed by atoms with E-state index in [4.69, 9.17) is 32.7 Å². The SMILES string of the molecule is C[C@@H](Oc1ccc(Cl)cc1Cl)C(=O)N(C)Cc1ccc(N2CCOCC2)cc1. The molecule has 0 aliphatic carbocycles. The molecule has 2 aromatic rings. The molecule has 1 saturated heterocycles. The van der Waals surface area contributed by atoms with Crippen LogP contribution in [-0.2, 0) is 16.1 Å². The lowest BCUT2D eigenvalue weighted by atomic mass is 10.1. The van der Waals surface area contributed by atoms with Gasteiger partial charge < -0.3 is 19.3 Å². The molecule has 3 rings (SSSR count). The van der Waals surface area contributed by atoms with Gasteiger partial charge in [-0.05, 0) is 42.8 Å². The largest absolute Gasteiger partial charge is 0.479 e. The van der Waals surface area contributed by atoms with Gasteiger partial charge in [0.2, 0.25) is 0 Å². The predicted octanol–water partition coefficient (Wildman–Crippen LogP) is 4.26. The van der Waals surface area contributed by atoms with Crippen LogP contribution in [0.2, 0.25) is 10.0 Å². The van der Waals surface area contributed by atoms with Gasteiger partial charge in [-0.1, -0.05) is 35.3 Å². The van der Waals surface area contributed by atoms with Crippen molar-refractivity contribution < 1.29 is 14.3 Å². The van der Waals surface area contributed by atoms with Crippen molar-refractivity contribution in [2.45, 2.75) is 19.6 Å². The molecule has 5 nitrogen and oxygen atoms in total. The Kier molecular flexibility index (Phi) is 7.05. The first kappa shape index (κ1) is 20.8. The van der Waals surface area contributed by atoms with Crippen molar-refractivity contribution in [3.8, 4) is 5.75 Å². The van der Waals surface area contributed by atoms with Crippen LogP contribution in [0.4, 0.5) is 5.69 Å². The zero-order valence-electron chi connectivity index (χ0n) is 16.0. The number of hydrogen-bond acceptors (Lipinski definition) is 4. The number of hydrogen-bond donors (Lipinski definition) is 0. The van der Waals surface area contributed by atoms with Gasteiger partial charge >= 0.3 is 0 Å². The Labute approximate surface area is 175 Å². The fourth-order valence-electron chi connectivity index (χ4n) is 3.11. The van der Waals surface area contributed by atoms with Crippen LogP contribution in [0.1, 0.15) is 12.5 Å². The van der Waals surface area contributed by atoms with Crippen LogP contribution >= 0.6 is 23.2 Å². The zero-order valence-corrected chi connectivity index (χ0v) is 17.5. The smallest absolute Gasteiger partial charge is 0.263 e. The summed E-state index contributed by atoms with van der Waals surface area (Å²) in [4.78, 5) is 16.6. The van der Waals surface area contributed by atoms with E-state index in [-0.39, 0.29) is 5.91 Å². The number of likely N-dealkylation sites (N-methyl/N-ethyl adjacent to an activating group) is 1. The lowest BCUT2D eigenvalue weighted by Crippen LogP contribution is -2.37. The number of anilines is 1. The summed E-state index contributed by atoms with van der Waals surface area (Å²) in [7, 11) is 1.77. The molecule has 0 radical (unpaired) electrons. The van der Waals surface area contributed by atoms with Crippen molar-refractivity contribution >= 4 is 34.8 Å². The van der Waals surface area contributed by atoms with E-state index in [1.54, 1.807) is 37.1 Å². The number of amides is 1. The van der Waals surface area contributed by atoms with E-state index >= 15 is 0 Å². The molecule has 1 atom stereocenters. The Morgan fingerprint density at radius 2 is 1.86 bits per heavy atom. The minimum absolute atomic E-state index is 0.122. The number of carbonyl (C=O) groups excluding carboxylic acids is 1. The average Bonchev–Trinajstić information content (AvgIpc) is 2.70. The van der Waals surface area contributed by atoms with Gasteiger partial charge in [0.15, 0.2) is 6.10 Å². The zero-order chi connectivity index (χ0) is 20.1. The highest BCUT2D eigenvalue weighted by atomic mass is 35.5. The molecule has 28 heavy (non-hydrogen) atoms. The second-order valence-electron chi connectivity index (χ2n) is 6.79. The van der Waals surface area contributed by atoms with Crippen molar-refractivity contribution in [2.24, 2.45) is 0 Å². The minimum atomic E-state index is -0.656. The average molecular weight is 423 g/mol. The van der Waals surface area contributed by atoms with E-state index < -0.39 is 6.10 Å². The quantitative estimate of drug-likeness (QED) is 0.697. The van der Waals surface area contributed by atoms with Crippen LogP contribution in [0.15, 0.2) is 42.5 Å². The summed E-state index contributed by atoms with van der Waals surface area (Å²) in [5.74, 6) is 0.318. The molecular formula is C21H24Cl2N2O3. The van der Waals surface area contributed by atoms with Crippen molar-refractivity contribution in [3.63, 3.8) is 0 Å². The Bertz CT molecular complexity index is 808. The van der Waals surface area contributed by atoms with Crippen molar-refractivity contribution in [1.29, 1.82) is 0 Å². The standard InChI is InChI=1S/C21H24Cl2N2O3/c1-15(28-20-8-5-17(22)13-19(20)23)21(26)24(2)14-16-3-6-18(7-4-16)25-9-11-27-12-10-25/h3-8,13,15H,9-12,14H2,1-2H3/t15-/m1/s1. The number of benzene rings is 2. The van der Waals surface area contributed by atoms with Gasteiger partial charge in [-0.15, -0.1) is 0 Å². The molecule has 0 bridgehead atoms. The fraction of sp³-hybridized carbons (Fsp3) is 0.381. The number of carbonyl (C=O) groups is 1. The van der Waals surface area contributed by atoms with Gasteiger partial charge in [0.1, 0.15) is 5.75 Å². The van der Waals surface area contributed by atoms with E-state index in [1.807, 2.05) is 0 Å². The van der Waals surface area contributed by atoms with Crippen molar-refractivity contribution in [2.75, 3.05) is 38.3 Å². The predicted molar refractivity (Wildman–Crippen MR) is 113 cm³/mol. The highest BCUT2D eigenvalue weighted by Crippen LogP contribution is 2.28. The Hall–Kier alpha value is -1.95. The molecule has 1 heterocycles. The molecule has 1 fully saturated rings. The van der Waals surface area contributed by atoms with Gasteiger partial charge in [-0.25, -0.2) is 0 Å². The topological polar surface area (TPSA) is 42.0 Å². The molecule has 0 spiro atoms. The molecule has 0 aromatic heterocycles. The molecule has 1 aliphatic rings. The molecule has 2 aromatic carbocycles. The number of rotatable bonds is 6. The molecule has 0 N–H and O–H groups in total. The molecular weight excluding hydrogens is 399 g/mol. The summed E-state index contributed by atoms with van der Waals surface area (Å²) in [5, 5.41) is 0.905. The molecule has 1 amide bonds. The molecule has 0 saturated carbocycles. The van der Waals surface area contributed by atoms with E-state index in [9.17, 15) is 4.79 Å². The minimum Gasteiger partial charge on any atom is -0.479 e. The Morgan fingerprint density at radius 3 is 2.50 bits per heavy atom. The van der Waals surface area contributed by atoms with Crippen molar-refractivity contribution in [1.82, 2.24) is 4.90 Å². The lowest BCUT2D eigenvalue weighted by molar-refractivity contribution is -0.137. The van der Waals surface area contributed by atoms with E-state index in [0.717, 1.165) is 31.9 Å². The van der Waals surface area contributed by atoms with Crippen LogP contribution < -0.4 is 9.64 Å². The second kappa shape index (κ2) is 9.50. The molecule has 7 heteroatoms. The van der Waals surface area contributed by atoms with Crippen LogP contribution in [0.25, 0.3) is 0 Å². The van der Waals surface area contributed by atoms with Gasteiger partial charge in [-0.3, -0.25) is 4.79 Å². The highest BCUT2D eigenvalue weighted by molar-refractivity contribution is 6.35. The van der Waals surface area contributed by atoms with Crippen molar-refractivity contribution in [3.05, 3.63) is 58.1 Å². The Morgan fingerprint density at radius 1 is 1.18 bits per heavy atom. The summed E-state index contributed by atoms with van der Waals surface area (Å²) in [6, 6.07) is 13.2. The maximum absolute atomic E-state index is 12.7. The van der Waals surface area contributed by atoms with E-state index in [0.29, 0.717) is 22.3 Å². The summed E-state index contributed by atoms with van der Waals surface area (Å²) in [5.41, 5.74) is 2.24. The van der Waals surface area contributed by atoms with Crippen LogP contribution in [0.5, 0.6) is 5.75 Å². The molecule has 1 aliphatic heterocycles. The summed E-state index contributed by atoms with van der Waals surface area (Å²) >= 11 is 12.0. The third kappa shape index (κ3) is 5.31. The van der Waals surface area contributed by atoms with E-state index in [2.05, 4.69) is 29.2 Å². The maximum atomic E-state index is 12.7. The summed E-state index contributed by atoms with van der Waals surface area (Å²) in [6.07, 6.45) is -0.656. The van der Waals surface area contributed by atoms with Gasteiger partial charge in [0, 0.05) is 37.4 Å². The second-order valence-corrected chi connectivity index (χ2v) is 7.64. The highest BCUT2D eigenvalue weighted by Gasteiger charge is 2.20. The monoisotopic (exact) mass is 422 g/mol. The molecule has 150 valence electrons. The maximum Gasteiger partial charge on any atom is 0.263 e. The Balaban J connectivity index is 1.57. The summed E-state index contributed by atoms with van der Waals surface area (Å²) in [6.45, 7) is 5.54. The number of nitrogens with zero attached hydrogens (tertiary/aromatic N) is 2. The fourth-order valence-corrected chi connectivity index (χ4v) is 3.56. The first-order chi connectivity index (χ1) is 13.4. The first-order valence-corrected chi connectivity index (χ1v) is 9.98. The van der Waals surface area contributed by atoms with Gasteiger partial charge in [0.25, 0.3) is 5.91 Å². The van der Waals surface area contributed by atoms with Gasteiger partial charge in [0.05, 0.1) is 18.2 Å². The third-order valence-corrected chi connectivity index (χ3v) is 5.18. The number of morpholine rings is 1. The number of ether oxygens (including phenoxy) is 2. The third-order valence-electron chi connectivity index (χ3n) is 4.65. The van der Waals surface area contributed by atoms with Crippen LogP contribution in [0.3, 0.4) is 0 Å². The van der Waals surface area contributed by atoms with E-state index in [1.165, 1.54) is 5.69 Å².